The third-order valence-corrected chi connectivity index (χ3v) is 4.52. The minimum Gasteiger partial charge on any atom is -0.493 e. The van der Waals surface area contributed by atoms with Crippen LogP contribution in [0.15, 0.2) is 24.3 Å². The van der Waals surface area contributed by atoms with E-state index < -0.39 is 23.3 Å². The highest BCUT2D eigenvalue weighted by Gasteiger charge is 2.42. The average Bonchev–Trinajstić information content (AvgIpc) is 2.43. The number of carboxylic acid groups (broad SMARTS) is 1. The fourth-order valence-corrected chi connectivity index (χ4v) is 2.81. The number of benzene rings is 1. The molecule has 24 heavy (non-hydrogen) atoms. The number of ether oxygens (including phenoxy) is 1. The number of hydrogen-bond acceptors (Lipinski definition) is 3. The summed E-state index contributed by atoms with van der Waals surface area (Å²) < 4.78 is 5.67. The molecule has 1 saturated carbocycles. The lowest BCUT2D eigenvalue weighted by Crippen LogP contribution is -2.49. The Hall–Kier alpha value is -2.04. The van der Waals surface area contributed by atoms with Crippen molar-refractivity contribution in [1.82, 2.24) is 5.32 Å². The van der Waals surface area contributed by atoms with Gasteiger partial charge in [0.25, 0.3) is 0 Å². The van der Waals surface area contributed by atoms with Crippen LogP contribution in [-0.4, -0.2) is 23.6 Å². The van der Waals surface area contributed by atoms with Gasteiger partial charge in [-0.2, -0.15) is 0 Å². The maximum atomic E-state index is 12.4. The van der Waals surface area contributed by atoms with Gasteiger partial charge in [0.05, 0.1) is 24.0 Å². The van der Waals surface area contributed by atoms with Crippen LogP contribution in [0.2, 0.25) is 0 Å². The summed E-state index contributed by atoms with van der Waals surface area (Å²) in [7, 11) is 0. The van der Waals surface area contributed by atoms with E-state index in [0.29, 0.717) is 25.4 Å². The van der Waals surface area contributed by atoms with Gasteiger partial charge < -0.3 is 15.2 Å². The summed E-state index contributed by atoms with van der Waals surface area (Å²) in [5, 5.41) is 12.1. The molecular weight excluding hydrogens is 306 g/mol. The van der Waals surface area contributed by atoms with Crippen molar-refractivity contribution in [3.63, 3.8) is 0 Å². The highest BCUT2D eigenvalue weighted by molar-refractivity contribution is 5.86. The Labute approximate surface area is 143 Å². The van der Waals surface area contributed by atoms with E-state index in [0.717, 1.165) is 11.3 Å². The van der Waals surface area contributed by atoms with E-state index in [4.69, 9.17) is 9.84 Å². The zero-order chi connectivity index (χ0) is 17.9. The van der Waals surface area contributed by atoms with Crippen molar-refractivity contribution >= 4 is 11.9 Å². The number of carbonyl (C=O) groups excluding carboxylic acids is 1. The lowest BCUT2D eigenvalue weighted by molar-refractivity contribution is -0.153. The third-order valence-electron chi connectivity index (χ3n) is 4.52. The molecule has 0 aliphatic heterocycles. The normalized spacial score (nSPS) is 20.4. The molecule has 1 aliphatic carbocycles. The Morgan fingerprint density at radius 2 is 1.79 bits per heavy atom. The summed E-state index contributed by atoms with van der Waals surface area (Å²) in [4.78, 5) is 23.5. The molecule has 1 fully saturated rings. The fourth-order valence-electron chi connectivity index (χ4n) is 2.81. The molecule has 1 aliphatic rings. The van der Waals surface area contributed by atoms with Gasteiger partial charge in [-0.1, -0.05) is 26.0 Å². The predicted octanol–water partition coefficient (Wildman–Crippen LogP) is 3.18. The highest BCUT2D eigenvalue weighted by Crippen LogP contribution is 2.35. The van der Waals surface area contributed by atoms with Crippen molar-refractivity contribution in [2.75, 3.05) is 6.61 Å². The number of aliphatic carboxylic acids is 1. The Bertz CT molecular complexity index is 592. The van der Waals surface area contributed by atoms with Crippen LogP contribution in [0.3, 0.4) is 0 Å². The molecule has 0 saturated heterocycles. The van der Waals surface area contributed by atoms with Crippen molar-refractivity contribution in [3.05, 3.63) is 29.8 Å². The van der Waals surface area contributed by atoms with Crippen LogP contribution < -0.4 is 10.1 Å². The monoisotopic (exact) mass is 333 g/mol. The topological polar surface area (TPSA) is 75.6 Å². The summed E-state index contributed by atoms with van der Waals surface area (Å²) in [6.45, 7) is 8.69. The first-order chi connectivity index (χ1) is 11.2. The fraction of sp³-hybridized carbons (Fsp3) is 0.579. The van der Waals surface area contributed by atoms with Gasteiger partial charge in [0.1, 0.15) is 5.75 Å². The SMILES string of the molecule is CC(C)COc1ccc(C(C)(C)NC(=O)C2CCC2C(=O)O)cc1. The van der Waals surface area contributed by atoms with Gasteiger partial charge in [-0.25, -0.2) is 0 Å². The average molecular weight is 333 g/mol. The third kappa shape index (κ3) is 4.28. The maximum Gasteiger partial charge on any atom is 0.307 e. The molecule has 0 heterocycles. The van der Waals surface area contributed by atoms with E-state index in [2.05, 4.69) is 19.2 Å². The number of nitrogens with one attached hydrogen (secondary N) is 1. The predicted molar refractivity (Wildman–Crippen MR) is 91.8 cm³/mol. The Kier molecular flexibility index (Phi) is 5.52. The van der Waals surface area contributed by atoms with Gasteiger partial charge in [0, 0.05) is 0 Å². The van der Waals surface area contributed by atoms with Crippen LogP contribution in [-0.2, 0) is 15.1 Å². The van der Waals surface area contributed by atoms with Crippen molar-refractivity contribution in [2.24, 2.45) is 17.8 Å². The Morgan fingerprint density at radius 3 is 2.25 bits per heavy atom. The van der Waals surface area contributed by atoms with Crippen molar-refractivity contribution in [3.8, 4) is 5.75 Å². The van der Waals surface area contributed by atoms with Crippen LogP contribution in [0, 0.1) is 17.8 Å². The maximum absolute atomic E-state index is 12.4. The van der Waals surface area contributed by atoms with E-state index in [-0.39, 0.29) is 5.91 Å². The standard InChI is InChI=1S/C19H27NO4/c1-12(2)11-24-14-7-5-13(6-8-14)19(3,4)20-17(21)15-9-10-16(15)18(22)23/h5-8,12,15-16H,9-11H2,1-4H3,(H,20,21)(H,22,23). The van der Waals surface area contributed by atoms with E-state index in [1.54, 1.807) is 0 Å². The van der Waals surface area contributed by atoms with Crippen molar-refractivity contribution in [2.45, 2.75) is 46.1 Å². The molecule has 5 nitrogen and oxygen atoms in total. The second kappa shape index (κ2) is 7.24. The number of carboxylic acids is 1. The molecule has 1 aromatic rings. The first kappa shape index (κ1) is 18.3. The minimum atomic E-state index is -0.883. The number of amides is 1. The number of carbonyl (C=O) groups is 2. The largest absolute Gasteiger partial charge is 0.493 e. The molecule has 132 valence electrons. The summed E-state index contributed by atoms with van der Waals surface area (Å²) >= 11 is 0. The molecule has 0 spiro atoms. The molecule has 2 rings (SSSR count). The van der Waals surface area contributed by atoms with E-state index >= 15 is 0 Å². The quantitative estimate of drug-likeness (QED) is 0.803. The molecule has 2 unspecified atom stereocenters. The van der Waals surface area contributed by atoms with Crippen LogP contribution in [0.25, 0.3) is 0 Å². The minimum absolute atomic E-state index is 0.182. The first-order valence-corrected chi connectivity index (χ1v) is 8.49. The van der Waals surface area contributed by atoms with Crippen LogP contribution in [0.5, 0.6) is 5.75 Å². The second-order valence-electron chi connectivity index (χ2n) is 7.47. The summed E-state index contributed by atoms with van der Waals surface area (Å²) in [5.74, 6) is -0.766. The zero-order valence-electron chi connectivity index (χ0n) is 14.8. The molecule has 1 amide bonds. The molecule has 0 radical (unpaired) electrons. The van der Waals surface area contributed by atoms with Gasteiger partial charge in [0.2, 0.25) is 5.91 Å². The van der Waals surface area contributed by atoms with Gasteiger partial charge in [-0.15, -0.1) is 0 Å². The first-order valence-electron chi connectivity index (χ1n) is 8.49. The summed E-state index contributed by atoms with van der Waals surface area (Å²) in [6, 6.07) is 7.67. The molecule has 2 atom stereocenters. The summed E-state index contributed by atoms with van der Waals surface area (Å²) in [5.41, 5.74) is 0.394. The molecule has 0 bridgehead atoms. The smallest absolute Gasteiger partial charge is 0.307 e. The van der Waals surface area contributed by atoms with Gasteiger partial charge in [-0.05, 0) is 50.3 Å². The van der Waals surface area contributed by atoms with Gasteiger partial charge in [0.15, 0.2) is 0 Å². The Morgan fingerprint density at radius 1 is 1.21 bits per heavy atom. The summed E-state index contributed by atoms with van der Waals surface area (Å²) in [6.07, 6.45) is 1.22. The molecular formula is C19H27NO4. The van der Waals surface area contributed by atoms with Gasteiger partial charge >= 0.3 is 5.97 Å². The molecule has 0 aromatic heterocycles. The lowest BCUT2D eigenvalue weighted by Gasteiger charge is -2.36. The van der Waals surface area contributed by atoms with Gasteiger partial charge in [-0.3, -0.25) is 9.59 Å². The lowest BCUT2D eigenvalue weighted by atomic mass is 9.72. The molecule has 1 aromatic carbocycles. The molecule has 2 N–H and O–H groups in total. The molecule has 5 heteroatoms. The van der Waals surface area contributed by atoms with Crippen molar-refractivity contribution < 1.29 is 19.4 Å². The van der Waals surface area contributed by atoms with E-state index in [9.17, 15) is 9.59 Å². The van der Waals surface area contributed by atoms with Crippen molar-refractivity contribution in [1.29, 1.82) is 0 Å². The number of rotatable bonds is 7. The van der Waals surface area contributed by atoms with Crippen LogP contribution in [0.1, 0.15) is 46.1 Å². The highest BCUT2D eigenvalue weighted by atomic mass is 16.5. The zero-order valence-corrected chi connectivity index (χ0v) is 14.8. The second-order valence-corrected chi connectivity index (χ2v) is 7.47. The van der Waals surface area contributed by atoms with E-state index in [1.165, 1.54) is 0 Å². The van der Waals surface area contributed by atoms with Crippen LogP contribution >= 0.6 is 0 Å². The van der Waals surface area contributed by atoms with E-state index in [1.807, 2.05) is 38.1 Å². The Balaban J connectivity index is 1.99. The van der Waals surface area contributed by atoms with Crippen LogP contribution in [0.4, 0.5) is 0 Å². The number of hydrogen-bond donors (Lipinski definition) is 2.